The molecule has 0 amide bonds. The van der Waals surface area contributed by atoms with Crippen molar-refractivity contribution in [3.63, 3.8) is 0 Å². The lowest BCUT2D eigenvalue weighted by molar-refractivity contribution is -0.134. The van der Waals surface area contributed by atoms with Crippen LogP contribution in [0.4, 0.5) is 0 Å². The molecule has 9 nitrogen and oxygen atoms in total. The van der Waals surface area contributed by atoms with Gasteiger partial charge < -0.3 is 25.2 Å². The van der Waals surface area contributed by atoms with Gasteiger partial charge in [0.1, 0.15) is 24.4 Å². The van der Waals surface area contributed by atoms with E-state index in [0.717, 1.165) is 0 Å². The van der Waals surface area contributed by atoms with Crippen molar-refractivity contribution in [3.05, 3.63) is 0 Å². The zero-order chi connectivity index (χ0) is 12.9. The molecule has 0 radical (unpaired) electrons. The Balaban J connectivity index is 4.64. The minimum atomic E-state index is -4.95. The number of aldehydes is 1. The molecule has 5 N–H and O–H groups in total. The summed E-state index contributed by atoms with van der Waals surface area (Å²) < 4.78 is 32.6. The number of carbonyl (C=O) groups is 1. The predicted octanol–water partition coefficient (Wildman–Crippen LogP) is -3.55. The molecule has 10 heteroatoms. The van der Waals surface area contributed by atoms with Crippen LogP contribution in [-0.2, 0) is 19.4 Å². The number of aliphatic hydroxyl groups is 4. The van der Waals surface area contributed by atoms with E-state index in [4.69, 9.17) is 19.9 Å². The Kier molecular flexibility index (Phi) is 5.96. The predicted molar refractivity (Wildman–Crippen MR) is 47.6 cm³/mol. The second-order valence-electron chi connectivity index (χ2n) is 2.85. The van der Waals surface area contributed by atoms with E-state index in [1.54, 1.807) is 0 Å². The molecule has 0 spiro atoms. The first-order valence-corrected chi connectivity index (χ1v) is 5.35. The molecule has 16 heavy (non-hydrogen) atoms. The number of aliphatic hydroxyl groups excluding tert-OH is 4. The van der Waals surface area contributed by atoms with Gasteiger partial charge in [-0.3, -0.25) is 4.55 Å². The van der Waals surface area contributed by atoms with Crippen molar-refractivity contribution >= 4 is 16.7 Å². The quantitative estimate of drug-likeness (QED) is 0.230. The van der Waals surface area contributed by atoms with Crippen LogP contribution in [0.2, 0.25) is 0 Å². The van der Waals surface area contributed by atoms with Crippen LogP contribution < -0.4 is 0 Å². The monoisotopic (exact) mass is 260 g/mol. The summed E-state index contributed by atoms with van der Waals surface area (Å²) in [4.78, 5) is 10.1. The molecule has 0 aromatic heterocycles. The largest absolute Gasteiger partial charge is 0.397 e. The van der Waals surface area contributed by atoms with Crippen LogP contribution in [0.25, 0.3) is 0 Å². The molecule has 0 aliphatic rings. The summed E-state index contributed by atoms with van der Waals surface area (Å²) in [5.74, 6) is 0. The summed E-state index contributed by atoms with van der Waals surface area (Å²) in [6, 6.07) is 0. The maximum Gasteiger partial charge on any atom is 0.397 e. The summed E-state index contributed by atoms with van der Waals surface area (Å²) in [7, 11) is -4.95. The van der Waals surface area contributed by atoms with Crippen LogP contribution in [0.3, 0.4) is 0 Å². The zero-order valence-corrected chi connectivity index (χ0v) is 8.69. The van der Waals surface area contributed by atoms with E-state index in [2.05, 4.69) is 4.18 Å². The Morgan fingerprint density at radius 3 is 2.00 bits per heavy atom. The molecule has 4 atom stereocenters. The highest BCUT2D eigenvalue weighted by atomic mass is 32.3. The van der Waals surface area contributed by atoms with Crippen LogP contribution in [0.5, 0.6) is 0 Å². The maximum atomic E-state index is 10.3. The molecular weight excluding hydrogens is 248 g/mol. The van der Waals surface area contributed by atoms with E-state index in [1.165, 1.54) is 0 Å². The molecule has 0 saturated carbocycles. The minimum absolute atomic E-state index is 0.101. The van der Waals surface area contributed by atoms with E-state index in [9.17, 15) is 18.3 Å². The van der Waals surface area contributed by atoms with Gasteiger partial charge in [0.15, 0.2) is 6.29 Å². The Bertz CT molecular complexity index is 312. The lowest BCUT2D eigenvalue weighted by Crippen LogP contribution is -2.48. The fourth-order valence-corrected chi connectivity index (χ4v) is 1.34. The van der Waals surface area contributed by atoms with Crippen LogP contribution in [-0.4, -0.2) is 70.7 Å². The maximum absolute atomic E-state index is 10.3. The highest BCUT2D eigenvalue weighted by Gasteiger charge is 2.34. The molecule has 0 fully saturated rings. The van der Waals surface area contributed by atoms with Crippen LogP contribution in [0.1, 0.15) is 0 Å². The second-order valence-corrected chi connectivity index (χ2v) is 3.90. The van der Waals surface area contributed by atoms with E-state index in [0.29, 0.717) is 0 Å². The average Bonchev–Trinajstić information content (AvgIpc) is 2.21. The van der Waals surface area contributed by atoms with Crippen LogP contribution >= 0.6 is 0 Å². The van der Waals surface area contributed by atoms with Crippen LogP contribution in [0.15, 0.2) is 0 Å². The van der Waals surface area contributed by atoms with Gasteiger partial charge in [-0.25, -0.2) is 4.18 Å². The molecular formula is C6H12O9S. The van der Waals surface area contributed by atoms with Gasteiger partial charge in [0.25, 0.3) is 0 Å². The summed E-state index contributed by atoms with van der Waals surface area (Å²) in [6.45, 7) is -1.07. The average molecular weight is 260 g/mol. The molecule has 0 rings (SSSR count). The SMILES string of the molecule is O=C[C@H](O)[C@@H](O)[C@H](O)[C@H](CO)OS(=O)(=O)O. The molecule has 0 bridgehead atoms. The third-order valence-corrected chi connectivity index (χ3v) is 2.14. The Hall–Kier alpha value is -0.620. The highest BCUT2D eigenvalue weighted by molar-refractivity contribution is 7.80. The number of hydrogen-bond donors (Lipinski definition) is 5. The fraction of sp³-hybridized carbons (Fsp3) is 0.833. The van der Waals surface area contributed by atoms with Crippen molar-refractivity contribution in [1.82, 2.24) is 0 Å². The van der Waals surface area contributed by atoms with Crippen LogP contribution in [0, 0.1) is 0 Å². The van der Waals surface area contributed by atoms with Crippen molar-refractivity contribution in [1.29, 1.82) is 0 Å². The topological polar surface area (TPSA) is 162 Å². The van der Waals surface area contributed by atoms with E-state index >= 15 is 0 Å². The van der Waals surface area contributed by atoms with Gasteiger partial charge in [0.2, 0.25) is 0 Å². The third kappa shape index (κ3) is 4.94. The molecule has 0 unspecified atom stereocenters. The summed E-state index contributed by atoms with van der Waals surface area (Å²) in [5.41, 5.74) is 0. The van der Waals surface area contributed by atoms with Gasteiger partial charge in [-0.05, 0) is 0 Å². The molecule has 0 aliphatic heterocycles. The van der Waals surface area contributed by atoms with Crippen molar-refractivity contribution in [2.24, 2.45) is 0 Å². The molecule has 0 aromatic rings. The van der Waals surface area contributed by atoms with E-state index in [-0.39, 0.29) is 6.29 Å². The summed E-state index contributed by atoms with van der Waals surface area (Å²) in [6.07, 6.45) is -8.12. The first-order valence-electron chi connectivity index (χ1n) is 3.99. The first kappa shape index (κ1) is 15.4. The molecule has 0 saturated heterocycles. The van der Waals surface area contributed by atoms with Crippen molar-refractivity contribution in [2.45, 2.75) is 24.4 Å². The van der Waals surface area contributed by atoms with Gasteiger partial charge in [0, 0.05) is 0 Å². The van der Waals surface area contributed by atoms with Crippen molar-refractivity contribution in [3.8, 4) is 0 Å². The lowest BCUT2D eigenvalue weighted by atomic mass is 10.0. The van der Waals surface area contributed by atoms with Crippen molar-refractivity contribution < 1.29 is 42.4 Å². The first-order chi connectivity index (χ1) is 7.22. The molecule has 96 valence electrons. The van der Waals surface area contributed by atoms with Gasteiger partial charge in [-0.2, -0.15) is 8.42 Å². The smallest absolute Gasteiger partial charge is 0.394 e. The fourth-order valence-electron chi connectivity index (χ4n) is 0.854. The van der Waals surface area contributed by atoms with Gasteiger partial charge >= 0.3 is 10.4 Å². The van der Waals surface area contributed by atoms with E-state index < -0.39 is 41.4 Å². The minimum Gasteiger partial charge on any atom is -0.394 e. The van der Waals surface area contributed by atoms with E-state index in [1.807, 2.05) is 0 Å². The lowest BCUT2D eigenvalue weighted by Gasteiger charge is -2.24. The highest BCUT2D eigenvalue weighted by Crippen LogP contribution is 2.09. The summed E-state index contributed by atoms with van der Waals surface area (Å²) in [5, 5.41) is 35.7. The number of hydrogen-bond acceptors (Lipinski definition) is 8. The van der Waals surface area contributed by atoms with Gasteiger partial charge in [0.05, 0.1) is 6.61 Å². The Labute approximate surface area is 90.9 Å². The van der Waals surface area contributed by atoms with Crippen molar-refractivity contribution in [2.75, 3.05) is 6.61 Å². The Morgan fingerprint density at radius 1 is 1.19 bits per heavy atom. The zero-order valence-electron chi connectivity index (χ0n) is 7.87. The third-order valence-electron chi connectivity index (χ3n) is 1.65. The number of rotatable bonds is 7. The molecule has 0 heterocycles. The standard InChI is InChI=1S/C6H12O9S/c7-1-3(9)5(10)6(11)4(2-8)15-16(12,13)14/h1,3-6,8-11H,2H2,(H,12,13,14)/t3-,4-,5+,6+/m0/s1. The van der Waals surface area contributed by atoms with Gasteiger partial charge in [-0.15, -0.1) is 0 Å². The number of carbonyl (C=O) groups excluding carboxylic acids is 1. The summed E-state index contributed by atoms with van der Waals surface area (Å²) >= 11 is 0. The van der Waals surface area contributed by atoms with Gasteiger partial charge in [-0.1, -0.05) is 0 Å². The molecule has 0 aromatic carbocycles. The normalized spacial score (nSPS) is 19.8. The molecule has 0 aliphatic carbocycles. The second kappa shape index (κ2) is 6.20. The Morgan fingerprint density at radius 2 is 1.69 bits per heavy atom.